The molecule has 1 N–H and O–H groups in total. The van der Waals surface area contributed by atoms with E-state index in [4.69, 9.17) is 9.72 Å². The smallest absolute Gasteiger partial charge is 0.145 e. The first kappa shape index (κ1) is 14.3. The standard InChI is InChI=1S/C18H24N2O/c1-3-11-19-12-15-13-7-4-5-9-16(13)20-18-14(15)8-6-10-17(18)21-2/h6,8,10,19H,3-5,7,9,11-12H2,1-2H3. The summed E-state index contributed by atoms with van der Waals surface area (Å²) < 4.78 is 5.52. The number of aryl methyl sites for hydroxylation is 1. The number of nitrogens with zero attached hydrogens (tertiary/aromatic N) is 1. The number of aromatic nitrogens is 1. The Balaban J connectivity index is 2.15. The molecule has 3 heteroatoms. The van der Waals surface area contributed by atoms with Crippen LogP contribution in [-0.2, 0) is 19.4 Å². The first-order valence-corrected chi connectivity index (χ1v) is 8.03. The van der Waals surface area contributed by atoms with Crippen molar-refractivity contribution in [1.82, 2.24) is 10.3 Å². The molecule has 0 fully saturated rings. The third-order valence-corrected chi connectivity index (χ3v) is 4.32. The van der Waals surface area contributed by atoms with Gasteiger partial charge in [0, 0.05) is 17.6 Å². The third kappa shape index (κ3) is 2.75. The molecule has 2 aromatic rings. The fourth-order valence-electron chi connectivity index (χ4n) is 3.27. The molecule has 3 nitrogen and oxygen atoms in total. The number of hydrogen-bond acceptors (Lipinski definition) is 3. The molecule has 3 rings (SSSR count). The Labute approximate surface area is 126 Å². The number of fused-ring (bicyclic) bond motifs is 2. The van der Waals surface area contributed by atoms with Gasteiger partial charge in [0.25, 0.3) is 0 Å². The zero-order valence-electron chi connectivity index (χ0n) is 13.0. The Morgan fingerprint density at radius 2 is 2.10 bits per heavy atom. The van der Waals surface area contributed by atoms with Crippen molar-refractivity contribution in [3.8, 4) is 5.75 Å². The van der Waals surface area contributed by atoms with Crippen molar-refractivity contribution in [2.45, 2.75) is 45.6 Å². The van der Waals surface area contributed by atoms with E-state index in [1.54, 1.807) is 7.11 Å². The van der Waals surface area contributed by atoms with Crippen LogP contribution in [-0.4, -0.2) is 18.6 Å². The van der Waals surface area contributed by atoms with E-state index in [0.717, 1.165) is 37.2 Å². The summed E-state index contributed by atoms with van der Waals surface area (Å²) in [5.41, 5.74) is 5.22. The van der Waals surface area contributed by atoms with Gasteiger partial charge in [-0.25, -0.2) is 4.98 Å². The van der Waals surface area contributed by atoms with Crippen molar-refractivity contribution in [3.63, 3.8) is 0 Å². The van der Waals surface area contributed by atoms with Gasteiger partial charge in [0.2, 0.25) is 0 Å². The zero-order valence-corrected chi connectivity index (χ0v) is 13.0. The van der Waals surface area contributed by atoms with Gasteiger partial charge in [0.1, 0.15) is 11.3 Å². The number of ether oxygens (including phenoxy) is 1. The van der Waals surface area contributed by atoms with E-state index in [0.29, 0.717) is 0 Å². The molecule has 21 heavy (non-hydrogen) atoms. The maximum absolute atomic E-state index is 5.52. The molecular weight excluding hydrogens is 260 g/mol. The van der Waals surface area contributed by atoms with E-state index in [9.17, 15) is 0 Å². The van der Waals surface area contributed by atoms with Crippen molar-refractivity contribution >= 4 is 10.9 Å². The van der Waals surface area contributed by atoms with Crippen LogP contribution in [0.3, 0.4) is 0 Å². The quantitative estimate of drug-likeness (QED) is 0.851. The van der Waals surface area contributed by atoms with Crippen molar-refractivity contribution in [2.75, 3.05) is 13.7 Å². The minimum Gasteiger partial charge on any atom is -0.494 e. The second-order valence-electron chi connectivity index (χ2n) is 5.76. The molecule has 0 saturated heterocycles. The van der Waals surface area contributed by atoms with Crippen LogP contribution in [0.1, 0.15) is 43.0 Å². The molecule has 112 valence electrons. The molecule has 0 aliphatic heterocycles. The number of rotatable bonds is 5. The summed E-state index contributed by atoms with van der Waals surface area (Å²) in [6.07, 6.45) is 5.96. The number of methoxy groups -OCH3 is 1. The zero-order chi connectivity index (χ0) is 14.7. The monoisotopic (exact) mass is 284 g/mol. The average Bonchev–Trinajstić information content (AvgIpc) is 2.54. The van der Waals surface area contributed by atoms with Crippen LogP contribution in [0.2, 0.25) is 0 Å². The number of nitrogens with one attached hydrogen (secondary N) is 1. The summed E-state index contributed by atoms with van der Waals surface area (Å²) in [4.78, 5) is 4.92. The Hall–Kier alpha value is -1.61. The largest absolute Gasteiger partial charge is 0.494 e. The highest BCUT2D eigenvalue weighted by Gasteiger charge is 2.19. The van der Waals surface area contributed by atoms with Gasteiger partial charge >= 0.3 is 0 Å². The molecule has 0 radical (unpaired) electrons. The van der Waals surface area contributed by atoms with E-state index in [1.807, 2.05) is 6.07 Å². The van der Waals surface area contributed by atoms with Gasteiger partial charge in [-0.2, -0.15) is 0 Å². The molecule has 1 aliphatic carbocycles. The molecular formula is C18H24N2O. The maximum Gasteiger partial charge on any atom is 0.145 e. The fraction of sp³-hybridized carbons (Fsp3) is 0.500. The molecule has 1 aliphatic rings. The molecule has 0 atom stereocenters. The topological polar surface area (TPSA) is 34.2 Å². The number of para-hydroxylation sites is 1. The molecule has 1 heterocycles. The molecule has 0 unspecified atom stereocenters. The Kier molecular flexibility index (Phi) is 4.39. The Bertz CT molecular complexity index is 637. The van der Waals surface area contributed by atoms with Gasteiger partial charge in [0.05, 0.1) is 7.11 Å². The van der Waals surface area contributed by atoms with Gasteiger partial charge in [-0.1, -0.05) is 19.1 Å². The number of benzene rings is 1. The Morgan fingerprint density at radius 3 is 2.90 bits per heavy atom. The summed E-state index contributed by atoms with van der Waals surface area (Å²) in [6, 6.07) is 6.26. The molecule has 0 amide bonds. The van der Waals surface area contributed by atoms with Crippen LogP contribution in [0, 0.1) is 0 Å². The maximum atomic E-state index is 5.52. The number of hydrogen-bond donors (Lipinski definition) is 1. The second kappa shape index (κ2) is 6.44. The summed E-state index contributed by atoms with van der Waals surface area (Å²) in [7, 11) is 1.73. The third-order valence-electron chi connectivity index (χ3n) is 4.32. The van der Waals surface area contributed by atoms with Gasteiger partial charge < -0.3 is 10.1 Å². The van der Waals surface area contributed by atoms with Crippen molar-refractivity contribution in [3.05, 3.63) is 35.0 Å². The molecule has 0 bridgehead atoms. The Morgan fingerprint density at radius 1 is 1.24 bits per heavy atom. The van der Waals surface area contributed by atoms with E-state index in [-0.39, 0.29) is 0 Å². The van der Waals surface area contributed by atoms with E-state index in [1.165, 1.54) is 41.5 Å². The highest BCUT2D eigenvalue weighted by Crippen LogP contribution is 2.33. The molecule has 1 aromatic heterocycles. The van der Waals surface area contributed by atoms with Gasteiger partial charge in [-0.15, -0.1) is 0 Å². The minimum absolute atomic E-state index is 0.887. The van der Waals surface area contributed by atoms with Crippen molar-refractivity contribution < 1.29 is 4.74 Å². The predicted molar refractivity (Wildman–Crippen MR) is 86.9 cm³/mol. The fourth-order valence-corrected chi connectivity index (χ4v) is 3.27. The first-order chi connectivity index (χ1) is 10.3. The highest BCUT2D eigenvalue weighted by atomic mass is 16.5. The highest BCUT2D eigenvalue weighted by molar-refractivity contribution is 5.88. The lowest BCUT2D eigenvalue weighted by molar-refractivity contribution is 0.418. The summed E-state index contributed by atoms with van der Waals surface area (Å²) in [5, 5.41) is 4.81. The van der Waals surface area contributed by atoms with Crippen molar-refractivity contribution in [1.29, 1.82) is 0 Å². The summed E-state index contributed by atoms with van der Waals surface area (Å²) >= 11 is 0. The lowest BCUT2D eigenvalue weighted by Gasteiger charge is -2.21. The SMILES string of the molecule is CCCNCc1c2c(nc3c(OC)cccc13)CCCC2. The molecule has 1 aromatic carbocycles. The van der Waals surface area contributed by atoms with E-state index >= 15 is 0 Å². The van der Waals surface area contributed by atoms with Crippen LogP contribution in [0.15, 0.2) is 18.2 Å². The van der Waals surface area contributed by atoms with E-state index in [2.05, 4.69) is 24.4 Å². The average molecular weight is 284 g/mol. The van der Waals surface area contributed by atoms with Crippen LogP contribution < -0.4 is 10.1 Å². The number of pyridine rings is 1. The lowest BCUT2D eigenvalue weighted by Crippen LogP contribution is -2.18. The summed E-state index contributed by atoms with van der Waals surface area (Å²) in [6.45, 7) is 4.20. The van der Waals surface area contributed by atoms with Crippen LogP contribution in [0.4, 0.5) is 0 Å². The minimum atomic E-state index is 0.887. The van der Waals surface area contributed by atoms with Crippen LogP contribution in [0.25, 0.3) is 10.9 Å². The van der Waals surface area contributed by atoms with Crippen LogP contribution in [0.5, 0.6) is 5.75 Å². The van der Waals surface area contributed by atoms with Gasteiger partial charge in [-0.3, -0.25) is 0 Å². The van der Waals surface area contributed by atoms with Gasteiger partial charge in [-0.05, 0) is 55.8 Å². The van der Waals surface area contributed by atoms with Crippen LogP contribution >= 0.6 is 0 Å². The first-order valence-electron chi connectivity index (χ1n) is 8.03. The van der Waals surface area contributed by atoms with Crippen molar-refractivity contribution in [2.24, 2.45) is 0 Å². The normalized spacial score (nSPS) is 14.2. The molecule has 0 spiro atoms. The molecule has 0 saturated carbocycles. The second-order valence-corrected chi connectivity index (χ2v) is 5.76. The lowest BCUT2D eigenvalue weighted by atomic mass is 9.89. The van der Waals surface area contributed by atoms with Gasteiger partial charge in [0.15, 0.2) is 0 Å². The summed E-state index contributed by atoms with van der Waals surface area (Å²) in [5.74, 6) is 0.887. The van der Waals surface area contributed by atoms with E-state index < -0.39 is 0 Å². The predicted octanol–water partition coefficient (Wildman–Crippen LogP) is 3.62.